The second-order valence-corrected chi connectivity index (χ2v) is 13.3. The molecule has 3 nitrogen and oxygen atoms in total. The van der Waals surface area contributed by atoms with Crippen LogP contribution in [0.1, 0.15) is 17.4 Å². The van der Waals surface area contributed by atoms with E-state index in [1.807, 2.05) is 36.4 Å². The number of hydrogen-bond acceptors (Lipinski definition) is 3. The minimum Gasteiger partial charge on any atom is -0.464 e. The van der Waals surface area contributed by atoms with Gasteiger partial charge in [0.2, 0.25) is 0 Å². The first kappa shape index (κ1) is 31.8. The largest absolute Gasteiger partial charge is 0.464 e. The highest BCUT2D eigenvalue weighted by atomic mass is 16.5. The zero-order valence-electron chi connectivity index (χ0n) is 28.9. The first-order valence-corrected chi connectivity index (χ1v) is 17.8. The molecule has 1 aliphatic rings. The van der Waals surface area contributed by atoms with Crippen molar-refractivity contribution >= 4 is 5.69 Å². The lowest BCUT2D eigenvalue weighted by molar-refractivity contribution is 0.260. The van der Waals surface area contributed by atoms with E-state index >= 15 is 0 Å². The molecule has 0 saturated carbocycles. The van der Waals surface area contributed by atoms with E-state index in [0.717, 1.165) is 61.5 Å². The quantitative estimate of drug-likeness (QED) is 0.182. The number of anilines is 1. The molecule has 250 valence electrons. The summed E-state index contributed by atoms with van der Waals surface area (Å²) in [7, 11) is 0. The third-order valence-electron chi connectivity index (χ3n) is 10.0. The molecule has 1 heterocycles. The van der Waals surface area contributed by atoms with Crippen LogP contribution in [0.5, 0.6) is 5.75 Å². The molecule has 1 N–H and O–H groups in total. The predicted molar refractivity (Wildman–Crippen MR) is 217 cm³/mol. The van der Waals surface area contributed by atoms with E-state index in [4.69, 9.17) is 10.00 Å². The number of fused-ring (bicyclic) bond motifs is 1. The molecule has 1 unspecified atom stereocenters. The minimum atomic E-state index is -0.323. The third kappa shape index (κ3) is 6.47. The van der Waals surface area contributed by atoms with Crippen LogP contribution in [-0.4, -0.2) is 0 Å². The van der Waals surface area contributed by atoms with Crippen LogP contribution in [0.25, 0.3) is 66.8 Å². The maximum atomic E-state index is 9.13. The molecular weight excluding hydrogens is 645 g/mol. The van der Waals surface area contributed by atoms with Gasteiger partial charge in [0, 0.05) is 11.1 Å². The molecule has 1 aliphatic heterocycles. The fraction of sp³-hybridized carbons (Fsp3) is 0.0200. The smallest absolute Gasteiger partial charge is 0.196 e. The lowest BCUT2D eigenvalue weighted by Gasteiger charge is -2.13. The number of nitrogens with one attached hydrogen (secondary N) is 1. The molecular formula is C50H34N2O. The Morgan fingerprint density at radius 1 is 0.396 bits per heavy atom. The summed E-state index contributed by atoms with van der Waals surface area (Å²) < 4.78 is 6.70. The van der Waals surface area contributed by atoms with E-state index in [-0.39, 0.29) is 6.23 Å². The molecule has 0 spiro atoms. The molecule has 8 aromatic rings. The highest BCUT2D eigenvalue weighted by Crippen LogP contribution is 2.47. The summed E-state index contributed by atoms with van der Waals surface area (Å²) in [5.74, 6) is 0.837. The molecule has 0 aromatic heterocycles. The Kier molecular flexibility index (Phi) is 8.32. The van der Waals surface area contributed by atoms with E-state index in [0.29, 0.717) is 5.56 Å². The minimum absolute atomic E-state index is 0.323. The van der Waals surface area contributed by atoms with Crippen molar-refractivity contribution in [2.24, 2.45) is 0 Å². The van der Waals surface area contributed by atoms with Gasteiger partial charge in [-0.1, -0.05) is 170 Å². The predicted octanol–water partition coefficient (Wildman–Crippen LogP) is 13.1. The van der Waals surface area contributed by atoms with Crippen LogP contribution in [0.2, 0.25) is 0 Å². The molecule has 1 atom stereocenters. The molecule has 0 radical (unpaired) electrons. The molecule has 8 aromatic carbocycles. The van der Waals surface area contributed by atoms with Gasteiger partial charge in [0.05, 0.1) is 17.3 Å². The summed E-state index contributed by atoms with van der Waals surface area (Å²) in [5.41, 5.74) is 16.4. The molecule has 0 aliphatic carbocycles. The van der Waals surface area contributed by atoms with E-state index in [9.17, 15) is 0 Å². The van der Waals surface area contributed by atoms with Gasteiger partial charge in [-0.25, -0.2) is 0 Å². The van der Waals surface area contributed by atoms with Gasteiger partial charge >= 0.3 is 0 Å². The third-order valence-corrected chi connectivity index (χ3v) is 10.0. The van der Waals surface area contributed by atoms with Gasteiger partial charge in [0.15, 0.2) is 6.23 Å². The number of hydrogen-bond donors (Lipinski definition) is 1. The maximum Gasteiger partial charge on any atom is 0.196 e. The molecule has 9 rings (SSSR count). The molecule has 0 saturated heterocycles. The van der Waals surface area contributed by atoms with Crippen LogP contribution >= 0.6 is 0 Å². The highest BCUT2D eigenvalue weighted by Gasteiger charge is 2.27. The average Bonchev–Trinajstić information content (AvgIpc) is 3.69. The van der Waals surface area contributed by atoms with Gasteiger partial charge in [-0.2, -0.15) is 5.26 Å². The van der Waals surface area contributed by atoms with E-state index in [2.05, 4.69) is 169 Å². The first-order valence-electron chi connectivity index (χ1n) is 17.8. The molecule has 53 heavy (non-hydrogen) atoms. The normalized spacial score (nSPS) is 13.0. The van der Waals surface area contributed by atoms with E-state index in [1.165, 1.54) is 22.3 Å². The highest BCUT2D eigenvalue weighted by molar-refractivity contribution is 5.89. The fourth-order valence-electron chi connectivity index (χ4n) is 7.09. The second kappa shape index (κ2) is 13.9. The van der Waals surface area contributed by atoms with Gasteiger partial charge < -0.3 is 10.1 Å². The van der Waals surface area contributed by atoms with Crippen LogP contribution in [0.15, 0.2) is 194 Å². The number of ether oxygens (including phenoxy) is 1. The summed E-state index contributed by atoms with van der Waals surface area (Å²) >= 11 is 0. The van der Waals surface area contributed by atoms with E-state index in [1.54, 1.807) is 0 Å². The molecule has 3 heteroatoms. The summed E-state index contributed by atoms with van der Waals surface area (Å²) in [6.45, 7) is 0. The van der Waals surface area contributed by atoms with Crippen LogP contribution in [0.3, 0.4) is 0 Å². The Balaban J connectivity index is 1.01. The van der Waals surface area contributed by atoms with Gasteiger partial charge in [0.25, 0.3) is 0 Å². The molecule has 0 bridgehead atoms. The van der Waals surface area contributed by atoms with Crippen LogP contribution in [0, 0.1) is 11.3 Å². The summed E-state index contributed by atoms with van der Waals surface area (Å²) in [6.07, 6.45) is -0.323. The van der Waals surface area contributed by atoms with Crippen molar-refractivity contribution in [3.05, 3.63) is 205 Å². The number of rotatable bonds is 7. The van der Waals surface area contributed by atoms with Crippen molar-refractivity contribution in [1.29, 1.82) is 5.26 Å². The van der Waals surface area contributed by atoms with E-state index < -0.39 is 0 Å². The Labute approximate surface area is 310 Å². The van der Waals surface area contributed by atoms with Crippen molar-refractivity contribution in [3.8, 4) is 78.6 Å². The molecule has 0 amide bonds. The van der Waals surface area contributed by atoms with Crippen LogP contribution in [-0.2, 0) is 0 Å². The SMILES string of the molecule is N#Cc1ccc(-c2ccc(-c3ccc(C4Nc5c(cc(-c6ccc(-c7ccccc7)cc6)cc5-c5ccc(-c6ccccc6)cc5)O4)cc3)cc2)cc1. The number of benzene rings is 8. The summed E-state index contributed by atoms with van der Waals surface area (Å²) in [5, 5.41) is 12.9. The lowest BCUT2D eigenvalue weighted by atomic mass is 9.94. The van der Waals surface area contributed by atoms with Crippen molar-refractivity contribution in [2.75, 3.05) is 5.32 Å². The van der Waals surface area contributed by atoms with Gasteiger partial charge in [-0.3, -0.25) is 0 Å². The summed E-state index contributed by atoms with van der Waals surface area (Å²) in [4.78, 5) is 0. The second-order valence-electron chi connectivity index (χ2n) is 13.3. The Bertz CT molecular complexity index is 2550. The maximum absolute atomic E-state index is 9.13. The monoisotopic (exact) mass is 678 g/mol. The zero-order valence-corrected chi connectivity index (χ0v) is 28.9. The van der Waals surface area contributed by atoms with Crippen LogP contribution < -0.4 is 10.1 Å². The fourth-order valence-corrected chi connectivity index (χ4v) is 7.09. The Morgan fingerprint density at radius 2 is 0.774 bits per heavy atom. The first-order chi connectivity index (χ1) is 26.2. The van der Waals surface area contributed by atoms with Crippen LogP contribution in [0.4, 0.5) is 5.69 Å². The van der Waals surface area contributed by atoms with Gasteiger partial charge in [-0.05, 0) is 85.5 Å². The zero-order chi connectivity index (χ0) is 35.6. The Hall–Kier alpha value is -7.15. The van der Waals surface area contributed by atoms with Crippen molar-refractivity contribution in [3.63, 3.8) is 0 Å². The Morgan fingerprint density at radius 3 is 1.23 bits per heavy atom. The summed E-state index contributed by atoms with van der Waals surface area (Å²) in [6, 6.07) is 70.0. The van der Waals surface area contributed by atoms with Crippen molar-refractivity contribution in [1.82, 2.24) is 0 Å². The molecule has 0 fully saturated rings. The van der Waals surface area contributed by atoms with Gasteiger partial charge in [0.1, 0.15) is 5.75 Å². The van der Waals surface area contributed by atoms with Crippen molar-refractivity contribution < 1.29 is 4.74 Å². The number of nitriles is 1. The lowest BCUT2D eigenvalue weighted by Crippen LogP contribution is -2.10. The number of nitrogens with zero attached hydrogens (tertiary/aromatic N) is 1. The van der Waals surface area contributed by atoms with Gasteiger partial charge in [-0.15, -0.1) is 0 Å². The standard InChI is InChI=1S/C50H34N2O/c51-33-34-11-13-37(14-12-34)40-15-17-41(18-16-40)42-25-29-45(30-26-42)50-52-49-47(44-27-23-39(24-28-44)36-9-5-2-6-10-36)31-46(32-48(49)53-50)43-21-19-38(20-22-43)35-7-3-1-4-8-35/h1-32,50,52H. The topological polar surface area (TPSA) is 45.0 Å². The van der Waals surface area contributed by atoms with Crippen molar-refractivity contribution in [2.45, 2.75) is 6.23 Å². The average molecular weight is 679 g/mol.